The van der Waals surface area contributed by atoms with Gasteiger partial charge in [0.05, 0.1) is 4.90 Å². The average molecular weight is 239 g/mol. The molecule has 0 radical (unpaired) electrons. The average Bonchev–Trinajstić information content (AvgIpc) is 2.16. The molecule has 0 saturated heterocycles. The van der Waals surface area contributed by atoms with Crippen molar-refractivity contribution < 1.29 is 13.2 Å². The van der Waals surface area contributed by atoms with Crippen molar-refractivity contribution in [3.8, 4) is 17.6 Å². The highest BCUT2D eigenvalue weighted by atomic mass is 32.2. The van der Waals surface area contributed by atoms with Gasteiger partial charge in [-0.1, -0.05) is 5.92 Å². The number of rotatable bonds is 3. The summed E-state index contributed by atoms with van der Waals surface area (Å²) in [4.78, 5) is 0.112. The molecule has 0 aliphatic heterocycles. The highest BCUT2D eigenvalue weighted by Gasteiger charge is 2.11. The van der Waals surface area contributed by atoms with Crippen LogP contribution in [0.1, 0.15) is 12.5 Å². The van der Waals surface area contributed by atoms with E-state index in [1.165, 1.54) is 6.07 Å². The number of sulfonamides is 1. The molecular formula is C11H13NO3S. The summed E-state index contributed by atoms with van der Waals surface area (Å²) in [6.45, 7) is 3.67. The Hall–Kier alpha value is -1.51. The lowest BCUT2D eigenvalue weighted by molar-refractivity contribution is 0.369. The molecule has 0 heterocycles. The molecule has 0 fully saturated rings. The third kappa shape index (κ3) is 3.26. The number of hydrogen-bond acceptors (Lipinski definition) is 3. The van der Waals surface area contributed by atoms with E-state index in [2.05, 4.69) is 11.8 Å². The number of primary sulfonamides is 1. The molecule has 2 N–H and O–H groups in total. The van der Waals surface area contributed by atoms with Crippen LogP contribution in [0.2, 0.25) is 0 Å². The Morgan fingerprint density at radius 1 is 1.44 bits per heavy atom. The normalized spacial score (nSPS) is 10.4. The van der Waals surface area contributed by atoms with Crippen LogP contribution in [0.4, 0.5) is 0 Å². The highest BCUT2D eigenvalue weighted by molar-refractivity contribution is 7.89. The van der Waals surface area contributed by atoms with Gasteiger partial charge in [-0.3, -0.25) is 0 Å². The molecule has 4 nitrogen and oxygen atoms in total. The van der Waals surface area contributed by atoms with Gasteiger partial charge in [-0.2, -0.15) is 0 Å². The van der Waals surface area contributed by atoms with E-state index in [0.29, 0.717) is 11.3 Å². The zero-order valence-corrected chi connectivity index (χ0v) is 9.97. The van der Waals surface area contributed by atoms with Crippen LogP contribution in [0.25, 0.3) is 0 Å². The van der Waals surface area contributed by atoms with E-state index in [9.17, 15) is 8.42 Å². The molecule has 86 valence electrons. The lowest BCUT2D eigenvalue weighted by Crippen LogP contribution is -2.13. The fourth-order valence-electron chi connectivity index (χ4n) is 1.22. The summed E-state index contributed by atoms with van der Waals surface area (Å²) in [5, 5.41) is 5.04. The first-order valence-electron chi connectivity index (χ1n) is 4.61. The molecule has 0 aliphatic rings. The van der Waals surface area contributed by atoms with Crippen LogP contribution >= 0.6 is 0 Å². The summed E-state index contributed by atoms with van der Waals surface area (Å²) in [5.74, 6) is 6.02. The monoisotopic (exact) mass is 239 g/mol. The number of nitrogens with two attached hydrogens (primary N) is 1. The predicted octanol–water partition coefficient (Wildman–Crippen LogP) is 1.04. The summed E-state index contributed by atoms with van der Waals surface area (Å²) >= 11 is 0. The molecule has 1 aromatic rings. The van der Waals surface area contributed by atoms with Gasteiger partial charge in [0.2, 0.25) is 10.0 Å². The first-order valence-corrected chi connectivity index (χ1v) is 6.15. The standard InChI is InChI=1S/C11H13NO3S/c1-3-4-7-15-10-5-6-11(9(2)8-10)16(12,13)14/h5-6,8H,7H2,1-2H3,(H2,12,13,14). The molecule has 0 unspecified atom stereocenters. The van der Waals surface area contributed by atoms with E-state index in [-0.39, 0.29) is 11.5 Å². The molecule has 0 spiro atoms. The molecule has 5 heteroatoms. The largest absolute Gasteiger partial charge is 0.481 e. The van der Waals surface area contributed by atoms with Crippen LogP contribution in [0.15, 0.2) is 23.1 Å². The van der Waals surface area contributed by atoms with E-state index in [1.807, 2.05) is 0 Å². The maximum Gasteiger partial charge on any atom is 0.238 e. The van der Waals surface area contributed by atoms with Crippen LogP contribution in [0, 0.1) is 18.8 Å². The molecule has 0 amide bonds. The molecule has 0 aliphatic carbocycles. The van der Waals surface area contributed by atoms with Crippen molar-refractivity contribution in [3.05, 3.63) is 23.8 Å². The smallest absolute Gasteiger partial charge is 0.238 e. The first-order chi connectivity index (χ1) is 7.45. The van der Waals surface area contributed by atoms with Crippen molar-refractivity contribution in [2.45, 2.75) is 18.7 Å². The van der Waals surface area contributed by atoms with Gasteiger partial charge < -0.3 is 4.74 Å². The van der Waals surface area contributed by atoms with Gasteiger partial charge in [-0.25, -0.2) is 13.6 Å². The third-order valence-corrected chi connectivity index (χ3v) is 3.01. The number of aryl methyl sites for hydroxylation is 1. The van der Waals surface area contributed by atoms with Gasteiger partial charge in [0, 0.05) is 0 Å². The van der Waals surface area contributed by atoms with Crippen LogP contribution < -0.4 is 9.88 Å². The van der Waals surface area contributed by atoms with Crippen LogP contribution in [-0.4, -0.2) is 15.0 Å². The second kappa shape index (κ2) is 5.01. The second-order valence-corrected chi connectivity index (χ2v) is 4.72. The zero-order valence-electron chi connectivity index (χ0n) is 9.15. The molecule has 0 bridgehead atoms. The zero-order chi connectivity index (χ0) is 12.2. The van der Waals surface area contributed by atoms with Gasteiger partial charge in [0.25, 0.3) is 0 Å². The van der Waals surface area contributed by atoms with E-state index in [1.54, 1.807) is 26.0 Å². The topological polar surface area (TPSA) is 69.4 Å². The number of ether oxygens (including phenoxy) is 1. The van der Waals surface area contributed by atoms with Gasteiger partial charge in [-0.05, 0) is 37.6 Å². The lowest BCUT2D eigenvalue weighted by atomic mass is 10.2. The summed E-state index contributed by atoms with van der Waals surface area (Å²) in [6.07, 6.45) is 0. The quantitative estimate of drug-likeness (QED) is 0.801. The van der Waals surface area contributed by atoms with Gasteiger partial charge in [-0.15, -0.1) is 5.92 Å². The molecule has 1 aromatic carbocycles. The van der Waals surface area contributed by atoms with Gasteiger partial charge in [0.15, 0.2) is 0 Å². The lowest BCUT2D eigenvalue weighted by Gasteiger charge is -2.06. The van der Waals surface area contributed by atoms with Crippen molar-refractivity contribution in [2.24, 2.45) is 5.14 Å². The molecule has 0 aromatic heterocycles. The molecular weight excluding hydrogens is 226 g/mol. The molecule has 0 atom stereocenters. The van der Waals surface area contributed by atoms with Gasteiger partial charge >= 0.3 is 0 Å². The minimum absolute atomic E-state index is 0.112. The predicted molar refractivity (Wildman–Crippen MR) is 61.5 cm³/mol. The second-order valence-electron chi connectivity index (χ2n) is 3.19. The first kappa shape index (κ1) is 12.6. The summed E-state index contributed by atoms with van der Waals surface area (Å²) in [5.41, 5.74) is 0.560. The number of benzene rings is 1. The van der Waals surface area contributed by atoms with Crippen LogP contribution in [0.5, 0.6) is 5.75 Å². The van der Waals surface area contributed by atoms with Crippen LogP contribution in [0.3, 0.4) is 0 Å². The summed E-state index contributed by atoms with van der Waals surface area (Å²) in [7, 11) is -3.66. The number of hydrogen-bond donors (Lipinski definition) is 1. The Morgan fingerprint density at radius 2 is 2.12 bits per heavy atom. The Bertz CT molecular complexity index is 538. The summed E-state index contributed by atoms with van der Waals surface area (Å²) < 4.78 is 27.6. The Labute approximate surface area is 95.5 Å². The van der Waals surface area contributed by atoms with Crippen molar-refractivity contribution in [1.29, 1.82) is 0 Å². The minimum atomic E-state index is -3.66. The third-order valence-electron chi connectivity index (χ3n) is 1.94. The highest BCUT2D eigenvalue weighted by Crippen LogP contribution is 2.19. The Balaban J connectivity index is 2.94. The summed E-state index contributed by atoms with van der Waals surface area (Å²) in [6, 6.07) is 4.61. The maximum absolute atomic E-state index is 11.1. The van der Waals surface area contributed by atoms with Crippen molar-refractivity contribution >= 4 is 10.0 Å². The van der Waals surface area contributed by atoms with E-state index < -0.39 is 10.0 Å². The van der Waals surface area contributed by atoms with Crippen LogP contribution in [-0.2, 0) is 10.0 Å². The van der Waals surface area contributed by atoms with Crippen molar-refractivity contribution in [3.63, 3.8) is 0 Å². The molecule has 1 rings (SSSR count). The van der Waals surface area contributed by atoms with Gasteiger partial charge in [0.1, 0.15) is 12.4 Å². The van der Waals surface area contributed by atoms with E-state index >= 15 is 0 Å². The SMILES string of the molecule is CC#CCOc1ccc(S(N)(=O)=O)c(C)c1. The van der Waals surface area contributed by atoms with Crippen molar-refractivity contribution in [2.75, 3.05) is 6.61 Å². The van der Waals surface area contributed by atoms with Crippen molar-refractivity contribution in [1.82, 2.24) is 0 Å². The van der Waals surface area contributed by atoms with E-state index in [0.717, 1.165) is 0 Å². The molecule has 16 heavy (non-hydrogen) atoms. The minimum Gasteiger partial charge on any atom is -0.481 e. The maximum atomic E-state index is 11.1. The Kier molecular flexibility index (Phi) is 3.93. The van der Waals surface area contributed by atoms with E-state index in [4.69, 9.17) is 9.88 Å². The fourth-order valence-corrected chi connectivity index (χ4v) is 1.99. The fraction of sp³-hybridized carbons (Fsp3) is 0.273. The molecule has 0 saturated carbocycles. The Morgan fingerprint density at radius 3 is 2.62 bits per heavy atom.